The number of amides is 1. The third kappa shape index (κ3) is 7.10. The molecule has 0 spiro atoms. The largest absolute Gasteiger partial charge is 0.492 e. The van der Waals surface area contributed by atoms with E-state index in [1.54, 1.807) is 0 Å². The lowest BCUT2D eigenvalue weighted by Crippen LogP contribution is -2.42. The van der Waals surface area contributed by atoms with Gasteiger partial charge in [0, 0.05) is 25.4 Å². The molecule has 0 aromatic heterocycles. The second-order valence-electron chi connectivity index (χ2n) is 8.14. The van der Waals surface area contributed by atoms with E-state index < -0.39 is 5.60 Å². The van der Waals surface area contributed by atoms with Crippen LogP contribution in [0, 0.1) is 5.92 Å². The van der Waals surface area contributed by atoms with Crippen molar-refractivity contribution in [3.63, 3.8) is 0 Å². The van der Waals surface area contributed by atoms with E-state index in [1.165, 1.54) is 25.9 Å². The van der Waals surface area contributed by atoms with E-state index in [9.17, 15) is 4.79 Å². The van der Waals surface area contributed by atoms with Gasteiger partial charge < -0.3 is 14.8 Å². The van der Waals surface area contributed by atoms with Gasteiger partial charge in [0.15, 0.2) is 0 Å². The summed E-state index contributed by atoms with van der Waals surface area (Å²) in [6, 6.07) is 7.61. The van der Waals surface area contributed by atoms with Crippen LogP contribution in [0.1, 0.15) is 59.8 Å². The lowest BCUT2D eigenvalue weighted by Gasteiger charge is -2.30. The normalized spacial score (nSPS) is 19.8. The van der Waals surface area contributed by atoms with E-state index >= 15 is 0 Å². The zero-order chi connectivity index (χ0) is 20.4. The Labute approximate surface area is 170 Å². The molecule has 0 radical (unpaired) electrons. The molecule has 0 bridgehead atoms. The van der Waals surface area contributed by atoms with E-state index in [1.807, 2.05) is 38.1 Å². The SMILES string of the molecule is CCCC[C@@](C)(OCC)C(=O)Nc1ccc(OCCN2CCC[C@@H](C)C2)cc1. The van der Waals surface area contributed by atoms with Gasteiger partial charge in [-0.2, -0.15) is 0 Å². The van der Waals surface area contributed by atoms with Gasteiger partial charge in [-0.1, -0.05) is 26.7 Å². The summed E-state index contributed by atoms with van der Waals surface area (Å²) in [6.07, 6.45) is 5.35. The Balaban J connectivity index is 1.81. The predicted molar refractivity (Wildman–Crippen MR) is 115 cm³/mol. The second-order valence-corrected chi connectivity index (χ2v) is 8.14. The van der Waals surface area contributed by atoms with Crippen molar-refractivity contribution < 1.29 is 14.3 Å². The average molecular weight is 391 g/mol. The molecule has 2 atom stereocenters. The minimum absolute atomic E-state index is 0.0873. The number of nitrogens with zero attached hydrogens (tertiary/aromatic N) is 1. The molecule has 0 aliphatic carbocycles. The van der Waals surface area contributed by atoms with Crippen LogP contribution >= 0.6 is 0 Å². The van der Waals surface area contributed by atoms with Gasteiger partial charge in [-0.25, -0.2) is 0 Å². The molecular formula is C23H38N2O3. The maximum atomic E-state index is 12.7. The lowest BCUT2D eigenvalue weighted by molar-refractivity contribution is -0.139. The minimum atomic E-state index is -0.786. The van der Waals surface area contributed by atoms with Crippen molar-refractivity contribution in [3.8, 4) is 5.75 Å². The summed E-state index contributed by atoms with van der Waals surface area (Å²) in [5, 5.41) is 2.99. The van der Waals surface area contributed by atoms with Crippen LogP contribution in [0.2, 0.25) is 0 Å². The molecule has 1 aromatic rings. The smallest absolute Gasteiger partial charge is 0.256 e. The molecule has 1 amide bonds. The van der Waals surface area contributed by atoms with Crippen molar-refractivity contribution in [2.45, 2.75) is 65.4 Å². The number of ether oxygens (including phenoxy) is 2. The number of likely N-dealkylation sites (tertiary alicyclic amines) is 1. The molecule has 1 N–H and O–H groups in total. The van der Waals surface area contributed by atoms with Crippen LogP contribution in [0.15, 0.2) is 24.3 Å². The molecule has 0 saturated carbocycles. The highest BCUT2D eigenvalue weighted by atomic mass is 16.5. The molecule has 5 heteroatoms. The van der Waals surface area contributed by atoms with Crippen molar-refractivity contribution in [1.29, 1.82) is 0 Å². The zero-order valence-electron chi connectivity index (χ0n) is 18.1. The zero-order valence-corrected chi connectivity index (χ0v) is 18.1. The number of nitrogens with one attached hydrogen (secondary N) is 1. The Bertz CT molecular complexity index is 590. The number of anilines is 1. The maximum Gasteiger partial charge on any atom is 0.256 e. The van der Waals surface area contributed by atoms with Crippen molar-refractivity contribution >= 4 is 11.6 Å². The third-order valence-electron chi connectivity index (χ3n) is 5.48. The Kier molecular flexibility index (Phi) is 9.26. The predicted octanol–water partition coefficient (Wildman–Crippen LogP) is 4.72. The van der Waals surface area contributed by atoms with Gasteiger partial charge >= 0.3 is 0 Å². The molecule has 5 nitrogen and oxygen atoms in total. The summed E-state index contributed by atoms with van der Waals surface area (Å²) in [7, 11) is 0. The number of rotatable bonds is 11. The number of hydrogen-bond donors (Lipinski definition) is 1. The van der Waals surface area contributed by atoms with Crippen LogP contribution in [0.3, 0.4) is 0 Å². The van der Waals surface area contributed by atoms with Gasteiger partial charge in [0.2, 0.25) is 0 Å². The first kappa shape index (κ1) is 22.7. The van der Waals surface area contributed by atoms with Crippen LogP contribution in [0.4, 0.5) is 5.69 Å². The average Bonchev–Trinajstić information content (AvgIpc) is 2.68. The first-order chi connectivity index (χ1) is 13.5. The fourth-order valence-electron chi connectivity index (χ4n) is 3.76. The molecule has 28 heavy (non-hydrogen) atoms. The van der Waals surface area contributed by atoms with Crippen LogP contribution in [-0.4, -0.2) is 49.3 Å². The van der Waals surface area contributed by atoms with E-state index in [-0.39, 0.29) is 5.91 Å². The Hall–Kier alpha value is -1.59. The lowest BCUT2D eigenvalue weighted by atomic mass is 9.97. The first-order valence-corrected chi connectivity index (χ1v) is 10.9. The van der Waals surface area contributed by atoms with Crippen molar-refractivity contribution in [2.24, 2.45) is 5.92 Å². The van der Waals surface area contributed by atoms with Crippen LogP contribution in [0.25, 0.3) is 0 Å². The van der Waals surface area contributed by atoms with Gasteiger partial charge in [-0.15, -0.1) is 0 Å². The Morgan fingerprint density at radius 2 is 2.04 bits per heavy atom. The standard InChI is InChI=1S/C23H38N2O3/c1-5-7-14-23(4,28-6-2)22(26)24-20-10-12-21(13-11-20)27-17-16-25-15-8-9-19(3)18-25/h10-13,19H,5-9,14-18H2,1-4H3,(H,24,26)/t19-,23-/m1/s1. The van der Waals surface area contributed by atoms with Crippen molar-refractivity contribution in [1.82, 2.24) is 4.90 Å². The number of piperidine rings is 1. The van der Waals surface area contributed by atoms with Gasteiger partial charge in [0.05, 0.1) is 0 Å². The second kappa shape index (κ2) is 11.4. The molecule has 0 unspecified atom stereocenters. The third-order valence-corrected chi connectivity index (χ3v) is 5.48. The Morgan fingerprint density at radius 1 is 1.29 bits per heavy atom. The van der Waals surface area contributed by atoms with E-state index in [0.29, 0.717) is 13.2 Å². The van der Waals surface area contributed by atoms with Gasteiger partial charge in [0.25, 0.3) is 5.91 Å². The highest BCUT2D eigenvalue weighted by Crippen LogP contribution is 2.23. The number of benzene rings is 1. The highest BCUT2D eigenvalue weighted by molar-refractivity contribution is 5.97. The summed E-state index contributed by atoms with van der Waals surface area (Å²) >= 11 is 0. The number of hydrogen-bond acceptors (Lipinski definition) is 4. The summed E-state index contributed by atoms with van der Waals surface area (Å²) in [5.41, 5.74) is -0.0180. The van der Waals surface area contributed by atoms with Crippen LogP contribution in [-0.2, 0) is 9.53 Å². The molecular weight excluding hydrogens is 352 g/mol. The molecule has 1 fully saturated rings. The van der Waals surface area contributed by atoms with Gasteiger partial charge in [0.1, 0.15) is 18.0 Å². The van der Waals surface area contributed by atoms with Crippen LogP contribution < -0.4 is 10.1 Å². The molecule has 1 saturated heterocycles. The fraction of sp³-hybridized carbons (Fsp3) is 0.696. The molecule has 1 heterocycles. The van der Waals surface area contributed by atoms with E-state index in [4.69, 9.17) is 9.47 Å². The summed E-state index contributed by atoms with van der Waals surface area (Å²) in [5.74, 6) is 1.54. The fourth-order valence-corrected chi connectivity index (χ4v) is 3.76. The summed E-state index contributed by atoms with van der Waals surface area (Å²) in [6.45, 7) is 12.8. The van der Waals surface area contributed by atoms with Crippen molar-refractivity contribution in [3.05, 3.63) is 24.3 Å². The number of unbranched alkanes of at least 4 members (excludes halogenated alkanes) is 1. The Morgan fingerprint density at radius 3 is 2.68 bits per heavy atom. The molecule has 1 aliphatic heterocycles. The monoisotopic (exact) mass is 390 g/mol. The minimum Gasteiger partial charge on any atom is -0.492 e. The van der Waals surface area contributed by atoms with Gasteiger partial charge in [-0.05, 0) is 69.8 Å². The molecule has 1 aromatic carbocycles. The molecule has 158 valence electrons. The molecule has 2 rings (SSSR count). The van der Waals surface area contributed by atoms with Crippen molar-refractivity contribution in [2.75, 3.05) is 38.2 Å². The highest BCUT2D eigenvalue weighted by Gasteiger charge is 2.33. The number of carbonyl (C=O) groups is 1. The quantitative estimate of drug-likeness (QED) is 0.594. The first-order valence-electron chi connectivity index (χ1n) is 10.9. The molecule has 1 aliphatic rings. The van der Waals surface area contributed by atoms with E-state index in [0.717, 1.165) is 43.2 Å². The topological polar surface area (TPSA) is 50.8 Å². The summed E-state index contributed by atoms with van der Waals surface area (Å²) < 4.78 is 11.6. The van der Waals surface area contributed by atoms with Gasteiger partial charge in [-0.3, -0.25) is 9.69 Å². The van der Waals surface area contributed by atoms with Crippen LogP contribution in [0.5, 0.6) is 5.75 Å². The summed E-state index contributed by atoms with van der Waals surface area (Å²) in [4.78, 5) is 15.2. The maximum absolute atomic E-state index is 12.7. The number of carbonyl (C=O) groups excluding carboxylic acids is 1. The van der Waals surface area contributed by atoms with E-state index in [2.05, 4.69) is 24.1 Å².